The lowest BCUT2D eigenvalue weighted by Gasteiger charge is -2.28. The van der Waals surface area contributed by atoms with Gasteiger partial charge in [-0.2, -0.15) is 5.10 Å². The molecule has 0 spiro atoms. The first-order chi connectivity index (χ1) is 12.9. The van der Waals surface area contributed by atoms with Crippen LogP contribution in [0.2, 0.25) is 0 Å². The van der Waals surface area contributed by atoms with E-state index in [0.29, 0.717) is 36.1 Å². The van der Waals surface area contributed by atoms with E-state index in [4.69, 9.17) is 4.74 Å². The number of nitrogens with zero attached hydrogens (tertiary/aromatic N) is 3. The van der Waals surface area contributed by atoms with Crippen LogP contribution in [0.5, 0.6) is 5.75 Å². The largest absolute Gasteiger partial charge is 0.497 e. The van der Waals surface area contributed by atoms with Crippen LogP contribution in [0.15, 0.2) is 35.3 Å². The highest BCUT2D eigenvalue weighted by Gasteiger charge is 2.36. The molecule has 1 N–H and O–H groups in total. The fourth-order valence-corrected chi connectivity index (χ4v) is 3.54. The molecule has 1 saturated carbocycles. The molecule has 142 valence electrons. The Morgan fingerprint density at radius 1 is 1.26 bits per heavy atom. The van der Waals surface area contributed by atoms with Crippen molar-refractivity contribution < 1.29 is 13.5 Å². The van der Waals surface area contributed by atoms with Crippen LogP contribution in [-0.4, -0.2) is 32.8 Å². The highest BCUT2D eigenvalue weighted by Crippen LogP contribution is 2.38. The zero-order chi connectivity index (χ0) is 19.0. The van der Waals surface area contributed by atoms with Gasteiger partial charge >= 0.3 is 0 Å². The second kappa shape index (κ2) is 6.75. The topological polar surface area (TPSA) is 72.8 Å². The number of hydrogen-bond acceptors (Lipinski definition) is 4. The van der Waals surface area contributed by atoms with Crippen molar-refractivity contribution in [2.45, 2.75) is 44.1 Å². The predicted octanol–water partition coefficient (Wildman–Crippen LogP) is 3.47. The fourth-order valence-electron chi connectivity index (χ4n) is 3.54. The van der Waals surface area contributed by atoms with Gasteiger partial charge in [0.25, 0.3) is 5.56 Å². The van der Waals surface area contributed by atoms with Gasteiger partial charge in [0.1, 0.15) is 17.0 Å². The molecule has 0 atom stereocenters. The lowest BCUT2D eigenvalue weighted by molar-refractivity contribution is -0.0446. The van der Waals surface area contributed by atoms with Crippen LogP contribution in [0.3, 0.4) is 0 Å². The maximum atomic E-state index is 13.4. The van der Waals surface area contributed by atoms with E-state index in [2.05, 4.69) is 15.1 Å². The Hall–Kier alpha value is -2.77. The SMILES string of the molecule is COc1ccc(Cc2nc3c(cnn3C3CCC(F)(F)CC3)c(=O)[nH]2)cc1. The first-order valence-corrected chi connectivity index (χ1v) is 8.92. The third-order valence-corrected chi connectivity index (χ3v) is 5.08. The van der Waals surface area contributed by atoms with Gasteiger partial charge < -0.3 is 9.72 Å². The summed E-state index contributed by atoms with van der Waals surface area (Å²) in [6.07, 6.45) is 2.23. The first kappa shape index (κ1) is 17.6. The standard InChI is InChI=1S/C19H20F2N4O2/c1-27-14-4-2-12(3-5-14)10-16-23-17-15(18(26)24-16)11-22-25(17)13-6-8-19(20,21)9-7-13/h2-5,11,13H,6-10H2,1H3,(H,23,24,26). The molecule has 2 heterocycles. The molecular weight excluding hydrogens is 354 g/mol. The van der Waals surface area contributed by atoms with Gasteiger partial charge in [0.05, 0.1) is 19.3 Å². The van der Waals surface area contributed by atoms with Gasteiger partial charge in [-0.15, -0.1) is 0 Å². The number of nitrogens with one attached hydrogen (secondary N) is 1. The second-order valence-corrected chi connectivity index (χ2v) is 6.95. The van der Waals surface area contributed by atoms with E-state index < -0.39 is 5.92 Å². The van der Waals surface area contributed by atoms with Gasteiger partial charge in [-0.05, 0) is 30.5 Å². The minimum Gasteiger partial charge on any atom is -0.497 e. The molecule has 8 heteroatoms. The number of benzene rings is 1. The summed E-state index contributed by atoms with van der Waals surface area (Å²) in [5.41, 5.74) is 1.16. The Balaban J connectivity index is 1.64. The van der Waals surface area contributed by atoms with Crippen LogP contribution in [0, 0.1) is 0 Å². The first-order valence-electron chi connectivity index (χ1n) is 8.92. The maximum absolute atomic E-state index is 13.4. The minimum atomic E-state index is -2.61. The summed E-state index contributed by atoms with van der Waals surface area (Å²) in [5, 5.41) is 4.65. The maximum Gasteiger partial charge on any atom is 0.262 e. The van der Waals surface area contributed by atoms with E-state index in [1.165, 1.54) is 6.20 Å². The third kappa shape index (κ3) is 3.56. The van der Waals surface area contributed by atoms with Crippen LogP contribution in [-0.2, 0) is 6.42 Å². The highest BCUT2D eigenvalue weighted by atomic mass is 19.3. The lowest BCUT2D eigenvalue weighted by Crippen LogP contribution is -2.27. The lowest BCUT2D eigenvalue weighted by atomic mass is 9.92. The summed E-state index contributed by atoms with van der Waals surface area (Å²) in [4.78, 5) is 19.8. The number of hydrogen-bond donors (Lipinski definition) is 1. The molecule has 1 aliphatic rings. The Morgan fingerprint density at radius 2 is 1.96 bits per heavy atom. The van der Waals surface area contributed by atoms with Crippen molar-refractivity contribution in [3.8, 4) is 5.75 Å². The molecule has 0 amide bonds. The molecule has 4 rings (SSSR count). The average Bonchev–Trinajstić information content (AvgIpc) is 3.07. The monoisotopic (exact) mass is 374 g/mol. The van der Waals surface area contributed by atoms with Gasteiger partial charge in [-0.25, -0.2) is 18.4 Å². The molecule has 0 radical (unpaired) electrons. The molecule has 0 aliphatic heterocycles. The van der Waals surface area contributed by atoms with Crippen LogP contribution in [0.1, 0.15) is 43.1 Å². The number of methoxy groups -OCH3 is 1. The smallest absolute Gasteiger partial charge is 0.262 e. The van der Waals surface area contributed by atoms with Crippen molar-refractivity contribution in [3.05, 3.63) is 52.2 Å². The summed E-state index contributed by atoms with van der Waals surface area (Å²) < 4.78 is 33.7. The van der Waals surface area contributed by atoms with Crippen molar-refractivity contribution in [3.63, 3.8) is 0 Å². The number of halogens is 2. The van der Waals surface area contributed by atoms with E-state index in [1.54, 1.807) is 11.8 Å². The zero-order valence-electron chi connectivity index (χ0n) is 14.9. The van der Waals surface area contributed by atoms with Crippen LogP contribution >= 0.6 is 0 Å². The number of aromatic nitrogens is 4. The Labute approximate surface area is 154 Å². The van der Waals surface area contributed by atoms with E-state index in [-0.39, 0.29) is 24.4 Å². The van der Waals surface area contributed by atoms with Gasteiger partial charge in [-0.3, -0.25) is 4.79 Å². The van der Waals surface area contributed by atoms with Gasteiger partial charge in [-0.1, -0.05) is 12.1 Å². The number of aromatic amines is 1. The van der Waals surface area contributed by atoms with Crippen LogP contribution < -0.4 is 10.3 Å². The number of alkyl halides is 2. The molecule has 0 bridgehead atoms. The van der Waals surface area contributed by atoms with Crippen molar-refractivity contribution >= 4 is 11.0 Å². The quantitative estimate of drug-likeness (QED) is 0.759. The third-order valence-electron chi connectivity index (χ3n) is 5.08. The second-order valence-electron chi connectivity index (χ2n) is 6.95. The molecule has 1 aliphatic carbocycles. The predicted molar refractivity (Wildman–Crippen MR) is 96.4 cm³/mol. The summed E-state index contributed by atoms with van der Waals surface area (Å²) in [6.45, 7) is 0. The van der Waals surface area contributed by atoms with Gasteiger partial charge in [0, 0.05) is 19.3 Å². The molecular formula is C19H20F2N4O2. The van der Waals surface area contributed by atoms with Crippen LogP contribution in [0.4, 0.5) is 8.78 Å². The molecule has 0 saturated heterocycles. The van der Waals surface area contributed by atoms with E-state index in [9.17, 15) is 13.6 Å². The Morgan fingerprint density at radius 3 is 2.63 bits per heavy atom. The molecule has 0 unspecified atom stereocenters. The highest BCUT2D eigenvalue weighted by molar-refractivity contribution is 5.73. The number of rotatable bonds is 4. The Kier molecular flexibility index (Phi) is 4.41. The van der Waals surface area contributed by atoms with Gasteiger partial charge in [0.2, 0.25) is 5.92 Å². The molecule has 2 aromatic heterocycles. The molecule has 3 aromatic rings. The molecule has 1 fully saturated rings. The molecule has 1 aromatic carbocycles. The fraction of sp³-hybridized carbons (Fsp3) is 0.421. The van der Waals surface area contributed by atoms with Crippen molar-refractivity contribution in [2.75, 3.05) is 7.11 Å². The summed E-state index contributed by atoms with van der Waals surface area (Å²) in [7, 11) is 1.60. The van der Waals surface area contributed by atoms with Crippen molar-refractivity contribution in [1.82, 2.24) is 19.7 Å². The number of ether oxygens (including phenoxy) is 1. The number of fused-ring (bicyclic) bond motifs is 1. The molecule has 27 heavy (non-hydrogen) atoms. The van der Waals surface area contributed by atoms with Crippen molar-refractivity contribution in [1.29, 1.82) is 0 Å². The number of H-pyrrole nitrogens is 1. The van der Waals surface area contributed by atoms with Crippen molar-refractivity contribution in [2.24, 2.45) is 0 Å². The summed E-state index contributed by atoms with van der Waals surface area (Å²) >= 11 is 0. The van der Waals surface area contributed by atoms with E-state index in [0.717, 1.165) is 11.3 Å². The van der Waals surface area contributed by atoms with E-state index >= 15 is 0 Å². The normalized spacial score (nSPS) is 17.3. The zero-order valence-corrected chi connectivity index (χ0v) is 14.9. The molecule has 6 nitrogen and oxygen atoms in total. The average molecular weight is 374 g/mol. The van der Waals surface area contributed by atoms with Gasteiger partial charge in [0.15, 0.2) is 5.65 Å². The van der Waals surface area contributed by atoms with Crippen LogP contribution in [0.25, 0.3) is 11.0 Å². The summed E-state index contributed by atoms with van der Waals surface area (Å²) in [5.74, 6) is -1.34. The summed E-state index contributed by atoms with van der Waals surface area (Å²) in [6, 6.07) is 7.34. The Bertz CT molecular complexity index is 1000. The van der Waals surface area contributed by atoms with E-state index in [1.807, 2.05) is 24.3 Å². The minimum absolute atomic E-state index is 0.162.